The van der Waals surface area contributed by atoms with Crippen molar-refractivity contribution >= 4 is 22.6 Å². The Balaban J connectivity index is 2.68. The molecule has 0 aliphatic carbocycles. The van der Waals surface area contributed by atoms with Gasteiger partial charge in [-0.1, -0.05) is 0 Å². The second-order valence-corrected chi connectivity index (χ2v) is 5.08. The minimum absolute atomic E-state index is 0.392. The van der Waals surface area contributed by atoms with Crippen LogP contribution in [0, 0.1) is 6.92 Å². The summed E-state index contributed by atoms with van der Waals surface area (Å²) in [6, 6.07) is 3.37. The largest absolute Gasteiger partial charge is 0.465 e. The third-order valence-electron chi connectivity index (χ3n) is 2.19. The van der Waals surface area contributed by atoms with Gasteiger partial charge >= 0.3 is 5.97 Å². The number of carbonyl (C=O) groups is 1. The highest BCUT2D eigenvalue weighted by Gasteiger charge is 2.10. The van der Waals surface area contributed by atoms with Gasteiger partial charge in [0.1, 0.15) is 5.82 Å². The Morgan fingerprint density at radius 1 is 1.53 bits per heavy atom. The van der Waals surface area contributed by atoms with Crippen molar-refractivity contribution < 1.29 is 13.7 Å². The van der Waals surface area contributed by atoms with E-state index in [0.717, 1.165) is 0 Å². The molecule has 6 heteroatoms. The molecule has 0 fully saturated rings. The highest BCUT2D eigenvalue weighted by molar-refractivity contribution is 7.84. The molecule has 0 aliphatic rings. The van der Waals surface area contributed by atoms with Crippen molar-refractivity contribution in [1.82, 2.24) is 4.98 Å². The van der Waals surface area contributed by atoms with Crippen LogP contribution in [-0.2, 0) is 15.5 Å². The van der Waals surface area contributed by atoms with Gasteiger partial charge in [-0.25, -0.2) is 9.78 Å². The molecule has 94 valence electrons. The van der Waals surface area contributed by atoms with E-state index in [0.29, 0.717) is 29.4 Å². The van der Waals surface area contributed by atoms with Crippen LogP contribution in [0.1, 0.15) is 16.1 Å². The Morgan fingerprint density at radius 2 is 2.24 bits per heavy atom. The Labute approximate surface area is 103 Å². The van der Waals surface area contributed by atoms with Gasteiger partial charge in [-0.2, -0.15) is 0 Å². The summed E-state index contributed by atoms with van der Waals surface area (Å²) in [5.74, 6) is 0.844. The molecule has 1 aromatic heterocycles. The monoisotopic (exact) mass is 256 g/mol. The molecule has 0 amide bonds. The molecule has 5 nitrogen and oxygen atoms in total. The molecule has 1 rings (SSSR count). The van der Waals surface area contributed by atoms with E-state index in [-0.39, 0.29) is 0 Å². The smallest absolute Gasteiger partial charge is 0.339 e. The Bertz CT molecular complexity index is 435. The van der Waals surface area contributed by atoms with Crippen molar-refractivity contribution in [3.8, 4) is 0 Å². The number of nitrogens with zero attached hydrogens (tertiary/aromatic N) is 1. The number of anilines is 1. The van der Waals surface area contributed by atoms with E-state index in [1.807, 2.05) is 0 Å². The lowest BCUT2D eigenvalue weighted by molar-refractivity contribution is 0.0599. The van der Waals surface area contributed by atoms with E-state index >= 15 is 0 Å². The molecule has 0 aromatic carbocycles. The van der Waals surface area contributed by atoms with Crippen LogP contribution >= 0.6 is 0 Å². The number of ether oxygens (including phenoxy) is 1. The van der Waals surface area contributed by atoms with Crippen LogP contribution in [0.4, 0.5) is 5.82 Å². The Kier molecular flexibility index (Phi) is 5.09. The van der Waals surface area contributed by atoms with Crippen molar-refractivity contribution in [3.05, 3.63) is 23.4 Å². The average molecular weight is 256 g/mol. The topological polar surface area (TPSA) is 68.3 Å². The summed E-state index contributed by atoms with van der Waals surface area (Å²) >= 11 is 0. The van der Waals surface area contributed by atoms with Gasteiger partial charge in [0.25, 0.3) is 0 Å². The van der Waals surface area contributed by atoms with Gasteiger partial charge in [0.05, 0.1) is 18.4 Å². The minimum atomic E-state index is -0.822. The molecule has 0 saturated carbocycles. The second-order valence-electron chi connectivity index (χ2n) is 3.53. The van der Waals surface area contributed by atoms with Crippen LogP contribution in [0.5, 0.6) is 0 Å². The average Bonchev–Trinajstić information content (AvgIpc) is 2.28. The standard InChI is InChI=1S/C11H16N2O3S/c1-8-9(11(14)16-2)4-5-10(13-8)12-6-7-17(3)15/h4-5H,6-7H2,1-3H3,(H,12,13). The highest BCUT2D eigenvalue weighted by atomic mass is 32.2. The molecular weight excluding hydrogens is 240 g/mol. The summed E-state index contributed by atoms with van der Waals surface area (Å²) < 4.78 is 15.5. The van der Waals surface area contributed by atoms with Crippen LogP contribution < -0.4 is 5.32 Å². The molecule has 0 radical (unpaired) electrons. The van der Waals surface area contributed by atoms with Crippen molar-refractivity contribution in [2.45, 2.75) is 6.92 Å². The van der Waals surface area contributed by atoms with Crippen molar-refractivity contribution in [1.29, 1.82) is 0 Å². The zero-order valence-corrected chi connectivity index (χ0v) is 11.0. The summed E-state index contributed by atoms with van der Waals surface area (Å²) in [4.78, 5) is 15.6. The van der Waals surface area contributed by atoms with E-state index in [4.69, 9.17) is 0 Å². The third kappa shape index (κ3) is 4.14. The predicted octanol–water partition coefficient (Wildman–Crippen LogP) is 0.967. The lowest BCUT2D eigenvalue weighted by Crippen LogP contribution is -2.12. The zero-order chi connectivity index (χ0) is 12.8. The summed E-state index contributed by atoms with van der Waals surface area (Å²) in [5.41, 5.74) is 1.07. The number of hydrogen-bond acceptors (Lipinski definition) is 5. The van der Waals surface area contributed by atoms with E-state index in [1.54, 1.807) is 25.3 Å². The fraction of sp³-hybridized carbons (Fsp3) is 0.455. The molecule has 17 heavy (non-hydrogen) atoms. The normalized spacial score (nSPS) is 11.9. The molecule has 0 bridgehead atoms. The summed E-state index contributed by atoms with van der Waals surface area (Å²) in [5, 5.41) is 3.04. The quantitative estimate of drug-likeness (QED) is 0.795. The summed E-state index contributed by atoms with van der Waals surface area (Å²) in [6.45, 7) is 2.34. The van der Waals surface area contributed by atoms with Crippen LogP contribution in [0.25, 0.3) is 0 Å². The number of esters is 1. The number of pyridine rings is 1. The number of carbonyl (C=O) groups excluding carboxylic acids is 1. The predicted molar refractivity (Wildman–Crippen MR) is 67.7 cm³/mol. The molecule has 0 saturated heterocycles. The van der Waals surface area contributed by atoms with Gasteiger partial charge in [-0.3, -0.25) is 4.21 Å². The Hall–Kier alpha value is -1.43. The van der Waals surface area contributed by atoms with Gasteiger partial charge in [-0.05, 0) is 19.1 Å². The van der Waals surface area contributed by atoms with Crippen molar-refractivity contribution in [2.24, 2.45) is 0 Å². The van der Waals surface area contributed by atoms with Crippen LogP contribution in [0.15, 0.2) is 12.1 Å². The molecule has 1 unspecified atom stereocenters. The first-order valence-corrected chi connectivity index (χ1v) is 6.87. The second kappa shape index (κ2) is 6.34. The molecule has 0 aliphatic heterocycles. The van der Waals surface area contributed by atoms with Crippen molar-refractivity contribution in [2.75, 3.05) is 31.0 Å². The lowest BCUT2D eigenvalue weighted by atomic mass is 10.2. The first kappa shape index (κ1) is 13.6. The number of nitrogens with one attached hydrogen (secondary N) is 1. The molecule has 1 atom stereocenters. The first-order chi connectivity index (χ1) is 8.04. The fourth-order valence-electron chi connectivity index (χ4n) is 1.31. The molecule has 1 N–H and O–H groups in total. The van der Waals surface area contributed by atoms with Gasteiger partial charge in [0.2, 0.25) is 0 Å². The summed E-state index contributed by atoms with van der Waals surface area (Å²) in [7, 11) is 0.516. The zero-order valence-electron chi connectivity index (χ0n) is 10.1. The highest BCUT2D eigenvalue weighted by Crippen LogP contribution is 2.11. The molecular formula is C11H16N2O3S. The van der Waals surface area contributed by atoms with Gasteiger partial charge in [0, 0.05) is 29.4 Å². The van der Waals surface area contributed by atoms with Crippen LogP contribution in [0.3, 0.4) is 0 Å². The first-order valence-electron chi connectivity index (χ1n) is 5.14. The number of aromatic nitrogens is 1. The number of methoxy groups -OCH3 is 1. The molecule has 1 aromatic rings. The molecule has 0 spiro atoms. The van der Waals surface area contributed by atoms with Crippen molar-refractivity contribution in [3.63, 3.8) is 0 Å². The van der Waals surface area contributed by atoms with E-state index in [2.05, 4.69) is 15.0 Å². The lowest BCUT2D eigenvalue weighted by Gasteiger charge is -2.07. The van der Waals surface area contributed by atoms with E-state index in [1.165, 1.54) is 7.11 Å². The number of hydrogen-bond donors (Lipinski definition) is 1. The number of rotatable bonds is 5. The SMILES string of the molecule is COC(=O)c1ccc(NCCS(C)=O)nc1C. The van der Waals surface area contributed by atoms with Crippen LogP contribution in [-0.4, -0.2) is 40.8 Å². The Morgan fingerprint density at radius 3 is 2.76 bits per heavy atom. The minimum Gasteiger partial charge on any atom is -0.465 e. The van der Waals surface area contributed by atoms with E-state index in [9.17, 15) is 9.00 Å². The maximum atomic E-state index is 11.3. The van der Waals surface area contributed by atoms with Gasteiger partial charge < -0.3 is 10.1 Å². The maximum absolute atomic E-state index is 11.3. The van der Waals surface area contributed by atoms with E-state index < -0.39 is 16.8 Å². The maximum Gasteiger partial charge on any atom is 0.339 e. The fourth-order valence-corrected chi connectivity index (χ4v) is 1.70. The van der Waals surface area contributed by atoms with Crippen LogP contribution in [0.2, 0.25) is 0 Å². The molecule has 1 heterocycles. The third-order valence-corrected chi connectivity index (χ3v) is 2.97. The van der Waals surface area contributed by atoms with Gasteiger partial charge in [-0.15, -0.1) is 0 Å². The number of aryl methyl sites for hydroxylation is 1. The summed E-state index contributed by atoms with van der Waals surface area (Å²) in [6.07, 6.45) is 1.65. The van der Waals surface area contributed by atoms with Gasteiger partial charge in [0.15, 0.2) is 0 Å².